The van der Waals surface area contributed by atoms with Crippen LogP contribution in [0.1, 0.15) is 19.4 Å². The summed E-state index contributed by atoms with van der Waals surface area (Å²) in [5, 5.41) is 5.19. The Bertz CT molecular complexity index is 306. The van der Waals surface area contributed by atoms with E-state index in [0.29, 0.717) is 0 Å². The fourth-order valence-corrected chi connectivity index (χ4v) is 1.74. The Labute approximate surface area is 94.1 Å². The van der Waals surface area contributed by atoms with Crippen LogP contribution in [0.3, 0.4) is 0 Å². The Kier molecular flexibility index (Phi) is 3.93. The molecule has 0 bridgehead atoms. The minimum Gasteiger partial charge on any atom is -0.273 e. The first-order valence-electron chi connectivity index (χ1n) is 4.84. The molecule has 2 nitrogen and oxygen atoms in total. The molecular formula is C11H17BrN2. The number of nitrogens with zero attached hydrogens (tertiary/aromatic N) is 2. The van der Waals surface area contributed by atoms with Gasteiger partial charge in [-0.3, -0.25) is 4.68 Å². The SMILES string of the molecule is C=CC(C)(CBr)Cc1cnn(CC)c1. The monoisotopic (exact) mass is 256 g/mol. The summed E-state index contributed by atoms with van der Waals surface area (Å²) in [6.45, 7) is 9.08. The van der Waals surface area contributed by atoms with Crippen molar-refractivity contribution in [3.63, 3.8) is 0 Å². The number of rotatable bonds is 5. The first-order valence-corrected chi connectivity index (χ1v) is 5.96. The molecule has 1 aromatic heterocycles. The van der Waals surface area contributed by atoms with Crippen molar-refractivity contribution in [2.75, 3.05) is 5.33 Å². The van der Waals surface area contributed by atoms with Gasteiger partial charge in [-0.05, 0) is 24.3 Å². The Morgan fingerprint density at radius 1 is 1.71 bits per heavy atom. The lowest BCUT2D eigenvalue weighted by molar-refractivity contribution is 0.493. The number of hydrogen-bond donors (Lipinski definition) is 0. The molecule has 1 unspecified atom stereocenters. The molecule has 1 aromatic rings. The van der Waals surface area contributed by atoms with Gasteiger partial charge in [0.05, 0.1) is 6.20 Å². The summed E-state index contributed by atoms with van der Waals surface area (Å²) < 4.78 is 1.95. The third-order valence-electron chi connectivity index (χ3n) is 2.42. The highest BCUT2D eigenvalue weighted by Gasteiger charge is 2.19. The van der Waals surface area contributed by atoms with E-state index in [2.05, 4.69) is 47.7 Å². The van der Waals surface area contributed by atoms with Crippen LogP contribution < -0.4 is 0 Å². The van der Waals surface area contributed by atoms with Gasteiger partial charge in [-0.15, -0.1) is 6.58 Å². The van der Waals surface area contributed by atoms with E-state index < -0.39 is 0 Å². The summed E-state index contributed by atoms with van der Waals surface area (Å²) >= 11 is 3.52. The molecule has 0 aliphatic heterocycles. The molecule has 14 heavy (non-hydrogen) atoms. The zero-order valence-electron chi connectivity index (χ0n) is 8.83. The van der Waals surface area contributed by atoms with Gasteiger partial charge in [-0.25, -0.2) is 0 Å². The highest BCUT2D eigenvalue weighted by atomic mass is 79.9. The molecular weight excluding hydrogens is 240 g/mol. The number of aromatic nitrogens is 2. The van der Waals surface area contributed by atoms with Gasteiger partial charge in [-0.1, -0.05) is 28.9 Å². The van der Waals surface area contributed by atoms with Gasteiger partial charge in [0.25, 0.3) is 0 Å². The maximum atomic E-state index is 4.25. The molecule has 1 heterocycles. The Morgan fingerprint density at radius 3 is 2.86 bits per heavy atom. The number of halogens is 1. The van der Waals surface area contributed by atoms with Crippen LogP contribution in [-0.4, -0.2) is 15.1 Å². The van der Waals surface area contributed by atoms with Crippen LogP contribution in [-0.2, 0) is 13.0 Å². The number of allylic oxidation sites excluding steroid dienone is 1. The highest BCUT2D eigenvalue weighted by Crippen LogP contribution is 2.25. The molecule has 0 radical (unpaired) electrons. The fourth-order valence-electron chi connectivity index (χ4n) is 1.31. The maximum Gasteiger partial charge on any atom is 0.0522 e. The molecule has 3 heteroatoms. The molecule has 0 saturated carbocycles. The second-order valence-electron chi connectivity index (χ2n) is 3.87. The van der Waals surface area contributed by atoms with Crippen LogP contribution in [0.15, 0.2) is 25.0 Å². The second-order valence-corrected chi connectivity index (χ2v) is 4.43. The normalized spacial score (nSPS) is 15.1. The van der Waals surface area contributed by atoms with Crippen LogP contribution in [0.2, 0.25) is 0 Å². The highest BCUT2D eigenvalue weighted by molar-refractivity contribution is 9.09. The van der Waals surface area contributed by atoms with Crippen molar-refractivity contribution in [2.24, 2.45) is 5.41 Å². The van der Waals surface area contributed by atoms with Gasteiger partial charge in [0.1, 0.15) is 0 Å². The third kappa shape index (κ3) is 2.71. The number of hydrogen-bond acceptors (Lipinski definition) is 1. The number of aryl methyl sites for hydroxylation is 1. The summed E-state index contributed by atoms with van der Waals surface area (Å²) in [6.07, 6.45) is 7.03. The summed E-state index contributed by atoms with van der Waals surface area (Å²) in [6, 6.07) is 0. The molecule has 1 atom stereocenters. The lowest BCUT2D eigenvalue weighted by Gasteiger charge is -2.21. The van der Waals surface area contributed by atoms with Crippen molar-refractivity contribution < 1.29 is 0 Å². The lowest BCUT2D eigenvalue weighted by Crippen LogP contribution is -2.17. The topological polar surface area (TPSA) is 17.8 Å². The van der Waals surface area contributed by atoms with E-state index in [-0.39, 0.29) is 5.41 Å². The molecule has 0 N–H and O–H groups in total. The van der Waals surface area contributed by atoms with E-state index in [9.17, 15) is 0 Å². The molecule has 0 aliphatic carbocycles. The molecule has 1 rings (SSSR count). The van der Waals surface area contributed by atoms with Gasteiger partial charge >= 0.3 is 0 Å². The van der Waals surface area contributed by atoms with Crippen LogP contribution >= 0.6 is 15.9 Å². The zero-order chi connectivity index (χ0) is 10.6. The second kappa shape index (κ2) is 4.78. The van der Waals surface area contributed by atoms with Gasteiger partial charge in [0.15, 0.2) is 0 Å². The van der Waals surface area contributed by atoms with Crippen LogP contribution in [0.5, 0.6) is 0 Å². The fraction of sp³-hybridized carbons (Fsp3) is 0.545. The van der Waals surface area contributed by atoms with Crippen LogP contribution in [0, 0.1) is 5.41 Å². The van der Waals surface area contributed by atoms with Gasteiger partial charge in [0.2, 0.25) is 0 Å². The first-order chi connectivity index (χ1) is 6.63. The van der Waals surface area contributed by atoms with E-state index in [0.717, 1.165) is 18.3 Å². The molecule has 0 aliphatic rings. The summed E-state index contributed by atoms with van der Waals surface area (Å²) in [5.41, 5.74) is 1.40. The standard InChI is InChI=1S/C11H17BrN2/c1-4-11(3,9-12)6-10-7-13-14(5-2)8-10/h4,7-8H,1,5-6,9H2,2-3H3. The lowest BCUT2D eigenvalue weighted by atomic mass is 9.87. The van der Waals surface area contributed by atoms with Gasteiger partial charge < -0.3 is 0 Å². The first kappa shape index (κ1) is 11.5. The van der Waals surface area contributed by atoms with Crippen molar-refractivity contribution in [1.29, 1.82) is 0 Å². The Morgan fingerprint density at radius 2 is 2.43 bits per heavy atom. The van der Waals surface area contributed by atoms with E-state index in [1.807, 2.05) is 17.0 Å². The van der Waals surface area contributed by atoms with E-state index >= 15 is 0 Å². The average Bonchev–Trinajstić information content (AvgIpc) is 2.65. The van der Waals surface area contributed by atoms with E-state index in [1.165, 1.54) is 5.56 Å². The zero-order valence-corrected chi connectivity index (χ0v) is 10.4. The van der Waals surface area contributed by atoms with Gasteiger partial charge in [-0.2, -0.15) is 5.10 Å². The van der Waals surface area contributed by atoms with E-state index in [4.69, 9.17) is 0 Å². The number of alkyl halides is 1. The molecule has 0 saturated heterocycles. The average molecular weight is 257 g/mol. The minimum absolute atomic E-state index is 0.127. The third-order valence-corrected chi connectivity index (χ3v) is 3.70. The molecule has 0 fully saturated rings. The molecule has 0 spiro atoms. The predicted octanol–water partition coefficient (Wildman–Crippen LogP) is 3.03. The quantitative estimate of drug-likeness (QED) is 0.585. The summed E-state index contributed by atoms with van der Waals surface area (Å²) in [7, 11) is 0. The predicted molar refractivity (Wildman–Crippen MR) is 63.7 cm³/mol. The van der Waals surface area contributed by atoms with Crippen LogP contribution in [0.25, 0.3) is 0 Å². The van der Waals surface area contributed by atoms with Crippen LogP contribution in [0.4, 0.5) is 0 Å². The largest absolute Gasteiger partial charge is 0.273 e. The molecule has 0 amide bonds. The smallest absolute Gasteiger partial charge is 0.0522 e. The van der Waals surface area contributed by atoms with Crippen molar-refractivity contribution in [3.8, 4) is 0 Å². The summed E-state index contributed by atoms with van der Waals surface area (Å²) in [4.78, 5) is 0. The Hall–Kier alpha value is -0.570. The molecule has 78 valence electrons. The van der Waals surface area contributed by atoms with Gasteiger partial charge in [0, 0.05) is 18.1 Å². The van der Waals surface area contributed by atoms with Crippen molar-refractivity contribution in [1.82, 2.24) is 9.78 Å². The maximum absolute atomic E-state index is 4.25. The summed E-state index contributed by atoms with van der Waals surface area (Å²) in [5.74, 6) is 0. The minimum atomic E-state index is 0.127. The van der Waals surface area contributed by atoms with Crippen molar-refractivity contribution in [2.45, 2.75) is 26.8 Å². The van der Waals surface area contributed by atoms with Crippen molar-refractivity contribution in [3.05, 3.63) is 30.6 Å². The van der Waals surface area contributed by atoms with E-state index in [1.54, 1.807) is 0 Å². The van der Waals surface area contributed by atoms with Crippen molar-refractivity contribution >= 4 is 15.9 Å². The molecule has 0 aromatic carbocycles. The Balaban J connectivity index is 2.72.